The van der Waals surface area contributed by atoms with E-state index >= 15 is 0 Å². The smallest absolute Gasteiger partial charge is 0.243 e. The van der Waals surface area contributed by atoms with Crippen molar-refractivity contribution in [1.29, 1.82) is 0 Å². The van der Waals surface area contributed by atoms with Crippen molar-refractivity contribution in [3.63, 3.8) is 0 Å². The Labute approximate surface area is 213 Å². The second kappa shape index (κ2) is 12.6. The Morgan fingerprint density at radius 2 is 1.49 bits per heavy atom. The minimum atomic E-state index is -0.565. The highest BCUT2D eigenvalue weighted by Crippen LogP contribution is 2.23. The maximum absolute atomic E-state index is 13.7. The van der Waals surface area contributed by atoms with E-state index in [-0.39, 0.29) is 23.6 Å². The van der Waals surface area contributed by atoms with E-state index < -0.39 is 6.04 Å². The van der Waals surface area contributed by atoms with Gasteiger partial charge in [-0.05, 0) is 43.0 Å². The molecule has 1 saturated carbocycles. The van der Waals surface area contributed by atoms with Crippen LogP contribution < -0.4 is 5.32 Å². The normalized spacial score (nSPS) is 14.4. The second-order valence-corrected chi connectivity index (χ2v) is 10.4. The van der Waals surface area contributed by atoms with Crippen LogP contribution in [0.2, 0.25) is 0 Å². The molecule has 0 saturated heterocycles. The molecule has 3 aromatic carbocycles. The number of carbonyl (C=O) groups excluding carboxylic acids is 2. The number of aryl methyl sites for hydroxylation is 1. The molecule has 0 unspecified atom stereocenters. The van der Waals surface area contributed by atoms with Crippen molar-refractivity contribution in [3.05, 3.63) is 102 Å². The van der Waals surface area contributed by atoms with Gasteiger partial charge >= 0.3 is 0 Å². The maximum Gasteiger partial charge on any atom is 0.243 e. The van der Waals surface area contributed by atoms with Gasteiger partial charge < -0.3 is 10.2 Å². The van der Waals surface area contributed by atoms with Gasteiger partial charge in [-0.1, -0.05) is 91.2 Å². The summed E-state index contributed by atoms with van der Waals surface area (Å²) in [4.78, 5) is 30.2. The fourth-order valence-corrected chi connectivity index (χ4v) is 5.35. The highest BCUT2D eigenvalue weighted by molar-refractivity contribution is 8.00. The SMILES string of the molecule is Cc1ccc(SCC(=O)N(Cc2ccccc2)[C@@H](Cc2ccccc2)C(=O)NC2CCCC2)cc1. The molecule has 1 aliphatic rings. The Bertz CT molecular complexity index is 1080. The van der Waals surface area contributed by atoms with Gasteiger partial charge in [0.25, 0.3) is 0 Å². The van der Waals surface area contributed by atoms with Crippen molar-refractivity contribution < 1.29 is 9.59 Å². The number of thioether (sulfide) groups is 1. The molecule has 0 heterocycles. The van der Waals surface area contributed by atoms with Gasteiger partial charge in [-0.3, -0.25) is 9.59 Å². The average Bonchev–Trinajstić information content (AvgIpc) is 3.40. The second-order valence-electron chi connectivity index (χ2n) is 9.30. The average molecular weight is 487 g/mol. The molecular weight excluding hydrogens is 452 g/mol. The standard InChI is InChI=1S/C30H34N2O2S/c1-23-16-18-27(19-17-23)35-22-29(33)32(21-25-12-6-3-7-13-25)28(20-24-10-4-2-5-11-24)30(34)31-26-14-8-9-15-26/h2-7,10-13,16-19,26,28H,8-9,14-15,20-22H2,1H3,(H,31,34)/t28-/m0/s1. The zero-order valence-electron chi connectivity index (χ0n) is 20.4. The summed E-state index contributed by atoms with van der Waals surface area (Å²) >= 11 is 1.52. The van der Waals surface area contributed by atoms with Crippen LogP contribution in [0.3, 0.4) is 0 Å². The Kier molecular flexibility index (Phi) is 9.02. The first kappa shape index (κ1) is 25.1. The number of carbonyl (C=O) groups is 2. The summed E-state index contributed by atoms with van der Waals surface area (Å²) in [6.45, 7) is 2.46. The first-order valence-electron chi connectivity index (χ1n) is 12.5. The van der Waals surface area contributed by atoms with Gasteiger partial charge in [0.1, 0.15) is 6.04 Å². The molecule has 1 fully saturated rings. The summed E-state index contributed by atoms with van der Waals surface area (Å²) in [6, 6.07) is 27.8. The summed E-state index contributed by atoms with van der Waals surface area (Å²) < 4.78 is 0. The van der Waals surface area contributed by atoms with Crippen LogP contribution in [0.5, 0.6) is 0 Å². The van der Waals surface area contributed by atoms with Crippen molar-refractivity contribution in [2.24, 2.45) is 0 Å². The van der Waals surface area contributed by atoms with Gasteiger partial charge in [0.15, 0.2) is 0 Å². The Hall–Kier alpha value is -3.05. The van der Waals surface area contributed by atoms with E-state index in [1.165, 1.54) is 17.3 Å². The largest absolute Gasteiger partial charge is 0.352 e. The lowest BCUT2D eigenvalue weighted by Gasteiger charge is -2.32. The van der Waals surface area contributed by atoms with Crippen LogP contribution >= 0.6 is 11.8 Å². The fraction of sp³-hybridized carbons (Fsp3) is 0.333. The topological polar surface area (TPSA) is 49.4 Å². The van der Waals surface area contributed by atoms with E-state index in [0.29, 0.717) is 13.0 Å². The van der Waals surface area contributed by atoms with Crippen molar-refractivity contribution in [3.8, 4) is 0 Å². The van der Waals surface area contributed by atoms with Gasteiger partial charge in [0.05, 0.1) is 5.75 Å². The number of rotatable bonds is 10. The van der Waals surface area contributed by atoms with E-state index in [1.807, 2.05) is 72.8 Å². The molecule has 1 atom stereocenters. The van der Waals surface area contributed by atoms with Crippen molar-refractivity contribution >= 4 is 23.6 Å². The van der Waals surface area contributed by atoms with E-state index in [4.69, 9.17) is 0 Å². The first-order chi connectivity index (χ1) is 17.1. The lowest BCUT2D eigenvalue weighted by molar-refractivity contribution is -0.139. The number of benzene rings is 3. The molecule has 5 heteroatoms. The number of hydrogen-bond acceptors (Lipinski definition) is 3. The third-order valence-corrected chi connectivity index (χ3v) is 7.55. The van der Waals surface area contributed by atoms with Crippen molar-refractivity contribution in [1.82, 2.24) is 10.2 Å². The molecule has 4 rings (SSSR count). The molecule has 1 N–H and O–H groups in total. The molecule has 35 heavy (non-hydrogen) atoms. The zero-order chi connectivity index (χ0) is 24.5. The number of nitrogens with zero attached hydrogens (tertiary/aromatic N) is 1. The minimum absolute atomic E-state index is 0.0260. The molecule has 0 radical (unpaired) electrons. The summed E-state index contributed by atoms with van der Waals surface area (Å²) in [5.41, 5.74) is 3.27. The molecule has 0 aromatic heterocycles. The van der Waals surface area contributed by atoms with E-state index in [9.17, 15) is 9.59 Å². The van der Waals surface area contributed by atoms with Crippen LogP contribution in [0.4, 0.5) is 0 Å². The summed E-state index contributed by atoms with van der Waals surface area (Å²) in [5, 5.41) is 3.26. The van der Waals surface area contributed by atoms with Crippen LogP contribution in [0, 0.1) is 6.92 Å². The van der Waals surface area contributed by atoms with Crippen LogP contribution in [-0.4, -0.2) is 34.6 Å². The number of amides is 2. The highest BCUT2D eigenvalue weighted by atomic mass is 32.2. The van der Waals surface area contributed by atoms with Crippen LogP contribution in [0.25, 0.3) is 0 Å². The fourth-order valence-electron chi connectivity index (χ4n) is 4.56. The number of nitrogens with one attached hydrogen (secondary N) is 1. The first-order valence-corrected chi connectivity index (χ1v) is 13.4. The summed E-state index contributed by atoms with van der Waals surface area (Å²) in [7, 11) is 0. The zero-order valence-corrected chi connectivity index (χ0v) is 21.2. The van der Waals surface area contributed by atoms with Crippen LogP contribution in [0.15, 0.2) is 89.8 Å². The molecule has 0 spiro atoms. The maximum atomic E-state index is 13.7. The highest BCUT2D eigenvalue weighted by Gasteiger charge is 2.32. The van der Waals surface area contributed by atoms with Crippen molar-refractivity contribution in [2.75, 3.05) is 5.75 Å². The monoisotopic (exact) mass is 486 g/mol. The molecule has 1 aliphatic carbocycles. The van der Waals surface area contributed by atoms with Gasteiger partial charge in [-0.25, -0.2) is 0 Å². The van der Waals surface area contributed by atoms with Gasteiger partial charge in [0, 0.05) is 23.9 Å². The molecule has 2 amide bonds. The molecule has 0 aliphatic heterocycles. The minimum Gasteiger partial charge on any atom is -0.352 e. The predicted molar refractivity (Wildman–Crippen MR) is 143 cm³/mol. The lowest BCUT2D eigenvalue weighted by atomic mass is 10.0. The molecular formula is C30H34N2O2S. The number of hydrogen-bond donors (Lipinski definition) is 1. The van der Waals surface area contributed by atoms with Crippen LogP contribution in [-0.2, 0) is 22.6 Å². The quantitative estimate of drug-likeness (QED) is 0.369. The molecule has 0 bridgehead atoms. The van der Waals surface area contributed by atoms with E-state index in [2.05, 4.69) is 24.4 Å². The lowest BCUT2D eigenvalue weighted by Crippen LogP contribution is -2.52. The third-order valence-electron chi connectivity index (χ3n) is 6.55. The van der Waals surface area contributed by atoms with Gasteiger partial charge in [-0.15, -0.1) is 11.8 Å². The molecule has 182 valence electrons. The Morgan fingerprint density at radius 1 is 0.886 bits per heavy atom. The summed E-state index contributed by atoms with van der Waals surface area (Å²) in [5.74, 6) is 0.213. The molecule has 3 aromatic rings. The van der Waals surface area contributed by atoms with Crippen LogP contribution in [0.1, 0.15) is 42.4 Å². The van der Waals surface area contributed by atoms with E-state index in [0.717, 1.165) is 41.7 Å². The molecule has 4 nitrogen and oxygen atoms in total. The third kappa shape index (κ3) is 7.46. The summed E-state index contributed by atoms with van der Waals surface area (Å²) in [6.07, 6.45) is 4.81. The van der Waals surface area contributed by atoms with Crippen molar-refractivity contribution in [2.45, 2.75) is 62.6 Å². The Morgan fingerprint density at radius 3 is 2.11 bits per heavy atom. The predicted octanol–water partition coefficient (Wildman–Crippen LogP) is 5.79. The Balaban J connectivity index is 1.58. The van der Waals surface area contributed by atoms with E-state index in [1.54, 1.807) is 4.90 Å². The van der Waals surface area contributed by atoms with Gasteiger partial charge in [0.2, 0.25) is 11.8 Å². The van der Waals surface area contributed by atoms with Gasteiger partial charge in [-0.2, -0.15) is 0 Å².